The molecule has 0 aromatic carbocycles. The number of likely N-dealkylation sites (N-methyl/N-ethyl adjacent to an activating group) is 1. The van der Waals surface area contributed by atoms with E-state index in [0.717, 1.165) is 19.1 Å². The molecule has 0 aliphatic carbocycles. The molecule has 2 nitrogen and oxygen atoms in total. The van der Waals surface area contributed by atoms with Gasteiger partial charge in [-0.05, 0) is 32.4 Å². The summed E-state index contributed by atoms with van der Waals surface area (Å²) in [5.74, 6) is 0. The van der Waals surface area contributed by atoms with Gasteiger partial charge in [0.1, 0.15) is 0 Å². The van der Waals surface area contributed by atoms with E-state index in [2.05, 4.69) is 24.1 Å². The molecule has 0 amide bonds. The molecule has 1 fully saturated rings. The molecule has 1 saturated heterocycles. The van der Waals surface area contributed by atoms with E-state index in [9.17, 15) is 0 Å². The molecule has 0 spiro atoms. The van der Waals surface area contributed by atoms with E-state index in [0.29, 0.717) is 0 Å². The van der Waals surface area contributed by atoms with Gasteiger partial charge >= 0.3 is 0 Å². The third kappa shape index (κ3) is 3.97. The first-order chi connectivity index (χ1) is 6.88. The van der Waals surface area contributed by atoms with Crippen LogP contribution in [0.3, 0.4) is 0 Å². The summed E-state index contributed by atoms with van der Waals surface area (Å²) in [5, 5.41) is 3.42. The second-order valence-corrected chi connectivity index (χ2v) is 4.33. The Bertz CT molecular complexity index is 134. The number of nitrogens with zero attached hydrogens (tertiary/aromatic N) is 1. The highest BCUT2D eigenvalue weighted by Crippen LogP contribution is 2.19. The molecule has 0 saturated carbocycles. The van der Waals surface area contributed by atoms with Crippen LogP contribution in [-0.4, -0.2) is 37.1 Å². The van der Waals surface area contributed by atoms with Crippen molar-refractivity contribution >= 4 is 0 Å². The Balaban J connectivity index is 2.22. The van der Waals surface area contributed by atoms with Gasteiger partial charge in [-0.15, -0.1) is 0 Å². The summed E-state index contributed by atoms with van der Waals surface area (Å²) in [4.78, 5) is 2.69. The van der Waals surface area contributed by atoms with Crippen molar-refractivity contribution < 1.29 is 0 Å². The molecule has 1 aliphatic rings. The molecular formula is C12H26N2. The molecule has 1 heterocycles. The lowest BCUT2D eigenvalue weighted by Crippen LogP contribution is -2.42. The maximum atomic E-state index is 3.42. The number of hydrogen-bond acceptors (Lipinski definition) is 2. The van der Waals surface area contributed by atoms with Crippen LogP contribution in [0.15, 0.2) is 0 Å². The normalized spacial score (nSPS) is 24.0. The van der Waals surface area contributed by atoms with Crippen molar-refractivity contribution in [3.63, 3.8) is 0 Å². The predicted octanol–water partition coefficient (Wildman–Crippen LogP) is 2.25. The van der Waals surface area contributed by atoms with Gasteiger partial charge in [-0.1, -0.05) is 26.7 Å². The average Bonchev–Trinajstić information content (AvgIpc) is 2.21. The van der Waals surface area contributed by atoms with Crippen molar-refractivity contribution in [2.75, 3.05) is 26.2 Å². The van der Waals surface area contributed by atoms with Crippen LogP contribution >= 0.6 is 0 Å². The highest BCUT2D eigenvalue weighted by atomic mass is 15.2. The first-order valence-corrected chi connectivity index (χ1v) is 6.33. The average molecular weight is 198 g/mol. The van der Waals surface area contributed by atoms with Crippen LogP contribution in [0, 0.1) is 0 Å². The lowest BCUT2D eigenvalue weighted by atomic mass is 9.98. The summed E-state index contributed by atoms with van der Waals surface area (Å²) in [7, 11) is 0. The Hall–Kier alpha value is -0.0800. The van der Waals surface area contributed by atoms with Gasteiger partial charge in [0.15, 0.2) is 0 Å². The van der Waals surface area contributed by atoms with Gasteiger partial charge in [0, 0.05) is 19.1 Å². The van der Waals surface area contributed by atoms with Gasteiger partial charge in [-0.3, -0.25) is 4.90 Å². The maximum absolute atomic E-state index is 3.42. The molecule has 0 aromatic heterocycles. The highest BCUT2D eigenvalue weighted by molar-refractivity contribution is 4.76. The smallest absolute Gasteiger partial charge is 0.0110 e. The number of piperidine rings is 1. The van der Waals surface area contributed by atoms with Crippen LogP contribution in [0.1, 0.15) is 46.0 Å². The summed E-state index contributed by atoms with van der Waals surface area (Å²) < 4.78 is 0. The Labute approximate surface area is 89.1 Å². The summed E-state index contributed by atoms with van der Waals surface area (Å²) >= 11 is 0. The Morgan fingerprint density at radius 3 is 2.86 bits per heavy atom. The standard InChI is InChI=1S/C12H26N2/c1-3-7-12-8-5-6-10-14(12)11-9-13-4-2/h12-13H,3-11H2,1-2H3. The number of nitrogens with one attached hydrogen (secondary N) is 1. The van der Waals surface area contributed by atoms with E-state index in [1.807, 2.05) is 0 Å². The molecule has 1 atom stereocenters. The van der Waals surface area contributed by atoms with E-state index in [4.69, 9.17) is 0 Å². The fraction of sp³-hybridized carbons (Fsp3) is 1.00. The first-order valence-electron chi connectivity index (χ1n) is 6.33. The number of rotatable bonds is 6. The van der Waals surface area contributed by atoms with E-state index < -0.39 is 0 Å². The minimum atomic E-state index is 0.882. The fourth-order valence-electron chi connectivity index (χ4n) is 2.41. The molecule has 14 heavy (non-hydrogen) atoms. The summed E-state index contributed by atoms with van der Waals surface area (Å²) in [5.41, 5.74) is 0. The Morgan fingerprint density at radius 1 is 1.29 bits per heavy atom. The summed E-state index contributed by atoms with van der Waals surface area (Å²) in [6.07, 6.45) is 7.02. The highest BCUT2D eigenvalue weighted by Gasteiger charge is 2.20. The third-order valence-electron chi connectivity index (χ3n) is 3.20. The third-order valence-corrected chi connectivity index (χ3v) is 3.20. The molecule has 1 unspecified atom stereocenters. The largest absolute Gasteiger partial charge is 0.316 e. The van der Waals surface area contributed by atoms with E-state index in [1.54, 1.807) is 0 Å². The molecular weight excluding hydrogens is 172 g/mol. The van der Waals surface area contributed by atoms with E-state index in [-0.39, 0.29) is 0 Å². The van der Waals surface area contributed by atoms with Crippen LogP contribution in [0.4, 0.5) is 0 Å². The second-order valence-electron chi connectivity index (χ2n) is 4.33. The topological polar surface area (TPSA) is 15.3 Å². The zero-order valence-electron chi connectivity index (χ0n) is 9.89. The zero-order chi connectivity index (χ0) is 10.2. The van der Waals surface area contributed by atoms with Crippen molar-refractivity contribution in [2.24, 2.45) is 0 Å². The molecule has 0 radical (unpaired) electrons. The quantitative estimate of drug-likeness (QED) is 0.659. The minimum absolute atomic E-state index is 0.882. The Morgan fingerprint density at radius 2 is 2.14 bits per heavy atom. The fourth-order valence-corrected chi connectivity index (χ4v) is 2.41. The van der Waals surface area contributed by atoms with Crippen LogP contribution in [0.25, 0.3) is 0 Å². The number of likely N-dealkylation sites (tertiary alicyclic amines) is 1. The molecule has 2 heteroatoms. The van der Waals surface area contributed by atoms with Crippen molar-refractivity contribution in [3.8, 4) is 0 Å². The zero-order valence-corrected chi connectivity index (χ0v) is 9.89. The first kappa shape index (κ1) is 12.0. The predicted molar refractivity (Wildman–Crippen MR) is 62.7 cm³/mol. The van der Waals surface area contributed by atoms with Crippen LogP contribution in [-0.2, 0) is 0 Å². The van der Waals surface area contributed by atoms with Crippen molar-refractivity contribution in [2.45, 2.75) is 52.0 Å². The van der Waals surface area contributed by atoms with Gasteiger partial charge < -0.3 is 5.32 Å². The molecule has 0 aromatic rings. The molecule has 0 bridgehead atoms. The van der Waals surface area contributed by atoms with Gasteiger partial charge in [0.25, 0.3) is 0 Å². The second kappa shape index (κ2) is 7.24. The van der Waals surface area contributed by atoms with E-state index in [1.165, 1.54) is 45.2 Å². The van der Waals surface area contributed by atoms with Gasteiger partial charge in [-0.2, -0.15) is 0 Å². The molecule has 84 valence electrons. The lowest BCUT2D eigenvalue weighted by molar-refractivity contribution is 0.140. The summed E-state index contributed by atoms with van der Waals surface area (Å²) in [6, 6.07) is 0.882. The van der Waals surface area contributed by atoms with Gasteiger partial charge in [0.2, 0.25) is 0 Å². The molecule has 1 N–H and O–H groups in total. The van der Waals surface area contributed by atoms with Crippen molar-refractivity contribution in [1.82, 2.24) is 10.2 Å². The van der Waals surface area contributed by atoms with Crippen LogP contribution in [0.5, 0.6) is 0 Å². The van der Waals surface area contributed by atoms with Crippen molar-refractivity contribution in [3.05, 3.63) is 0 Å². The SMILES string of the molecule is CCCC1CCCCN1CCNCC. The maximum Gasteiger partial charge on any atom is 0.0110 e. The monoisotopic (exact) mass is 198 g/mol. The minimum Gasteiger partial charge on any atom is -0.316 e. The van der Waals surface area contributed by atoms with Crippen LogP contribution in [0.2, 0.25) is 0 Å². The summed E-state index contributed by atoms with van der Waals surface area (Å²) in [6.45, 7) is 9.33. The molecule has 1 aliphatic heterocycles. The van der Waals surface area contributed by atoms with Gasteiger partial charge in [0.05, 0.1) is 0 Å². The van der Waals surface area contributed by atoms with Crippen LogP contribution < -0.4 is 5.32 Å². The van der Waals surface area contributed by atoms with Gasteiger partial charge in [-0.25, -0.2) is 0 Å². The lowest BCUT2D eigenvalue weighted by Gasteiger charge is -2.35. The van der Waals surface area contributed by atoms with E-state index >= 15 is 0 Å². The molecule has 1 rings (SSSR count). The van der Waals surface area contributed by atoms with Crippen molar-refractivity contribution in [1.29, 1.82) is 0 Å². The Kier molecular flexibility index (Phi) is 6.20. The number of hydrogen-bond donors (Lipinski definition) is 1.